The Hall–Kier alpha value is -3.46. The van der Waals surface area contributed by atoms with Gasteiger partial charge < -0.3 is 10.6 Å². The number of hydrogen-bond donors (Lipinski definition) is 2. The van der Waals surface area contributed by atoms with Crippen LogP contribution in [0.1, 0.15) is 34.6 Å². The van der Waals surface area contributed by atoms with Gasteiger partial charge in [0.1, 0.15) is 6.33 Å². The van der Waals surface area contributed by atoms with Crippen LogP contribution in [0.2, 0.25) is 0 Å². The molecule has 9 heteroatoms. The third kappa shape index (κ3) is 3.94. The number of aromatic nitrogens is 5. The summed E-state index contributed by atoms with van der Waals surface area (Å²) in [6.07, 6.45) is 8.29. The van der Waals surface area contributed by atoms with E-state index in [0.29, 0.717) is 18.2 Å². The Morgan fingerprint density at radius 1 is 1.14 bits per heavy atom. The fourth-order valence-electron chi connectivity index (χ4n) is 2.68. The van der Waals surface area contributed by atoms with E-state index in [1.807, 2.05) is 30.5 Å². The number of carbonyl (C=O) groups is 1. The molecule has 1 amide bonds. The average molecular weight is 391 g/mol. The number of amides is 1. The van der Waals surface area contributed by atoms with Gasteiger partial charge >= 0.3 is 0 Å². The number of nitrogens with one attached hydrogen (secondary N) is 2. The van der Waals surface area contributed by atoms with Crippen molar-refractivity contribution in [2.24, 2.45) is 0 Å². The van der Waals surface area contributed by atoms with Gasteiger partial charge in [-0.25, -0.2) is 19.9 Å². The first-order valence-electron chi connectivity index (χ1n) is 8.64. The predicted molar refractivity (Wildman–Crippen MR) is 107 cm³/mol. The molecule has 4 rings (SSSR count). The fourth-order valence-corrected chi connectivity index (χ4v) is 3.50. The molecule has 2 N–H and O–H groups in total. The zero-order valence-electron chi connectivity index (χ0n) is 15.0. The molecule has 0 aliphatic rings. The second-order valence-corrected chi connectivity index (χ2v) is 7.03. The molecule has 0 fully saturated rings. The molecule has 0 aliphatic carbocycles. The van der Waals surface area contributed by atoms with E-state index >= 15 is 0 Å². The summed E-state index contributed by atoms with van der Waals surface area (Å²) in [7, 11) is 0. The number of thiophene rings is 1. The quantitative estimate of drug-likeness (QED) is 0.520. The molecule has 1 atom stereocenters. The van der Waals surface area contributed by atoms with Crippen LogP contribution in [0.5, 0.6) is 0 Å². The Labute approximate surface area is 165 Å². The Kier molecular flexibility index (Phi) is 5.16. The van der Waals surface area contributed by atoms with Crippen molar-refractivity contribution in [2.45, 2.75) is 19.5 Å². The molecule has 4 heterocycles. The van der Waals surface area contributed by atoms with E-state index in [2.05, 4.69) is 35.6 Å². The number of fused-ring (bicyclic) bond motifs is 1. The van der Waals surface area contributed by atoms with Crippen LogP contribution >= 0.6 is 11.3 Å². The highest BCUT2D eigenvalue weighted by molar-refractivity contribution is 7.17. The number of anilines is 1. The maximum absolute atomic E-state index is 12.8. The molecule has 0 aliphatic heterocycles. The zero-order chi connectivity index (χ0) is 19.3. The minimum Gasteiger partial charge on any atom is -0.348 e. The van der Waals surface area contributed by atoms with Crippen molar-refractivity contribution in [1.82, 2.24) is 30.2 Å². The molecule has 8 nitrogen and oxygen atoms in total. The number of carbonyl (C=O) groups excluding carboxylic acids is 1. The number of pyridine rings is 1. The van der Waals surface area contributed by atoms with Gasteiger partial charge in [0.05, 0.1) is 16.3 Å². The Morgan fingerprint density at radius 2 is 2.00 bits per heavy atom. The van der Waals surface area contributed by atoms with Crippen molar-refractivity contribution in [3.05, 3.63) is 71.5 Å². The highest BCUT2D eigenvalue weighted by Crippen LogP contribution is 2.25. The highest BCUT2D eigenvalue weighted by Gasteiger charge is 2.17. The number of rotatable bonds is 6. The van der Waals surface area contributed by atoms with Crippen LogP contribution in [0, 0.1) is 0 Å². The van der Waals surface area contributed by atoms with E-state index in [0.717, 1.165) is 21.3 Å². The van der Waals surface area contributed by atoms with Crippen molar-refractivity contribution in [3.63, 3.8) is 0 Å². The monoisotopic (exact) mass is 391 g/mol. The molecule has 4 aromatic heterocycles. The van der Waals surface area contributed by atoms with Crippen LogP contribution in [0.15, 0.2) is 54.7 Å². The molecular formula is C19H17N7OS. The Bertz CT molecular complexity index is 1090. The SMILES string of the molecule is C[C@H](Nc1nc(C(=O)NCc2cncnc2)c2sccc2n1)c1cccnc1. The second kappa shape index (κ2) is 8.05. The van der Waals surface area contributed by atoms with Gasteiger partial charge in [0.25, 0.3) is 5.91 Å². The summed E-state index contributed by atoms with van der Waals surface area (Å²) in [5.41, 5.74) is 2.90. The molecule has 0 bridgehead atoms. The summed E-state index contributed by atoms with van der Waals surface area (Å²) in [6, 6.07) is 5.68. The highest BCUT2D eigenvalue weighted by atomic mass is 32.1. The summed E-state index contributed by atoms with van der Waals surface area (Å²) in [6.45, 7) is 2.32. The van der Waals surface area contributed by atoms with Gasteiger partial charge in [-0.15, -0.1) is 11.3 Å². The van der Waals surface area contributed by atoms with E-state index in [1.165, 1.54) is 17.7 Å². The minimum atomic E-state index is -0.268. The summed E-state index contributed by atoms with van der Waals surface area (Å²) in [5.74, 6) is 0.131. The zero-order valence-corrected chi connectivity index (χ0v) is 15.8. The van der Waals surface area contributed by atoms with Gasteiger partial charge in [0, 0.05) is 36.9 Å². The van der Waals surface area contributed by atoms with Gasteiger partial charge in [0.2, 0.25) is 5.95 Å². The second-order valence-electron chi connectivity index (χ2n) is 6.11. The summed E-state index contributed by atoms with van der Waals surface area (Å²) in [5, 5.41) is 8.02. The first-order valence-corrected chi connectivity index (χ1v) is 9.52. The first-order chi connectivity index (χ1) is 13.7. The summed E-state index contributed by atoms with van der Waals surface area (Å²) >= 11 is 1.44. The lowest BCUT2D eigenvalue weighted by molar-refractivity contribution is 0.0948. The van der Waals surface area contributed by atoms with Gasteiger partial charge in [-0.1, -0.05) is 6.07 Å². The van der Waals surface area contributed by atoms with Crippen molar-refractivity contribution in [1.29, 1.82) is 0 Å². The average Bonchev–Trinajstić information content (AvgIpc) is 3.21. The van der Waals surface area contributed by atoms with Crippen LogP contribution in [-0.4, -0.2) is 30.8 Å². The maximum Gasteiger partial charge on any atom is 0.271 e. The molecule has 0 unspecified atom stereocenters. The molecule has 0 aromatic carbocycles. The lowest BCUT2D eigenvalue weighted by Gasteiger charge is -2.14. The van der Waals surface area contributed by atoms with Crippen molar-refractivity contribution < 1.29 is 4.79 Å². The standard InChI is InChI=1S/C19H17N7OS/c1-12(14-3-2-5-20-10-14)24-19-25-15-4-6-28-17(15)16(26-19)18(27)23-9-13-7-21-11-22-8-13/h2-8,10-12H,9H2,1H3,(H,23,27)(H,24,25,26)/t12-/m0/s1. The largest absolute Gasteiger partial charge is 0.348 e. The molecule has 4 aromatic rings. The third-order valence-electron chi connectivity index (χ3n) is 4.12. The summed E-state index contributed by atoms with van der Waals surface area (Å²) < 4.78 is 0.751. The number of hydrogen-bond acceptors (Lipinski definition) is 8. The van der Waals surface area contributed by atoms with Crippen molar-refractivity contribution >= 4 is 33.4 Å². The molecule has 0 saturated heterocycles. The van der Waals surface area contributed by atoms with Gasteiger partial charge in [-0.05, 0) is 30.0 Å². The van der Waals surface area contributed by atoms with Crippen LogP contribution < -0.4 is 10.6 Å². The van der Waals surface area contributed by atoms with Crippen LogP contribution in [0.25, 0.3) is 10.2 Å². The molecular weight excluding hydrogens is 374 g/mol. The third-order valence-corrected chi connectivity index (χ3v) is 5.03. The molecule has 0 spiro atoms. The van der Waals surface area contributed by atoms with E-state index < -0.39 is 0 Å². The van der Waals surface area contributed by atoms with E-state index in [1.54, 1.807) is 24.8 Å². The van der Waals surface area contributed by atoms with E-state index in [-0.39, 0.29) is 11.9 Å². The van der Waals surface area contributed by atoms with Gasteiger partial charge in [-0.2, -0.15) is 0 Å². The number of nitrogens with zero attached hydrogens (tertiary/aromatic N) is 5. The van der Waals surface area contributed by atoms with Crippen LogP contribution in [0.4, 0.5) is 5.95 Å². The van der Waals surface area contributed by atoms with Crippen LogP contribution in [0.3, 0.4) is 0 Å². The first kappa shape index (κ1) is 17.9. The maximum atomic E-state index is 12.8. The lowest BCUT2D eigenvalue weighted by atomic mass is 10.1. The summed E-state index contributed by atoms with van der Waals surface area (Å²) in [4.78, 5) is 33.8. The van der Waals surface area contributed by atoms with Crippen molar-refractivity contribution in [3.8, 4) is 0 Å². The van der Waals surface area contributed by atoms with Crippen molar-refractivity contribution in [2.75, 3.05) is 5.32 Å². The smallest absolute Gasteiger partial charge is 0.271 e. The van der Waals surface area contributed by atoms with E-state index in [9.17, 15) is 4.79 Å². The van der Waals surface area contributed by atoms with Gasteiger partial charge in [0.15, 0.2) is 5.69 Å². The lowest BCUT2D eigenvalue weighted by Crippen LogP contribution is -2.24. The van der Waals surface area contributed by atoms with Crippen LogP contribution in [-0.2, 0) is 6.54 Å². The molecule has 0 saturated carbocycles. The normalized spacial score (nSPS) is 11.9. The van der Waals surface area contributed by atoms with Gasteiger partial charge in [-0.3, -0.25) is 9.78 Å². The topological polar surface area (TPSA) is 106 Å². The fraction of sp³-hybridized carbons (Fsp3) is 0.158. The Morgan fingerprint density at radius 3 is 2.79 bits per heavy atom. The molecule has 140 valence electrons. The predicted octanol–water partition coefficient (Wildman–Crippen LogP) is 2.98. The Balaban J connectivity index is 1.57. The van der Waals surface area contributed by atoms with E-state index in [4.69, 9.17) is 0 Å². The molecule has 0 radical (unpaired) electrons. The molecule has 28 heavy (non-hydrogen) atoms. The minimum absolute atomic E-state index is 0.0536.